The minimum Gasteiger partial charge on any atom is -0.398 e. The highest BCUT2D eigenvalue weighted by Gasteiger charge is 2.11. The van der Waals surface area contributed by atoms with Crippen LogP contribution in [-0.2, 0) is 6.42 Å². The third-order valence-corrected chi connectivity index (χ3v) is 3.15. The van der Waals surface area contributed by atoms with E-state index >= 15 is 0 Å². The molecule has 0 unspecified atom stereocenters. The number of nitrogens with two attached hydrogens (primary N) is 1. The van der Waals surface area contributed by atoms with Crippen molar-refractivity contribution < 1.29 is 8.78 Å². The molecule has 0 spiro atoms. The number of anilines is 3. The van der Waals surface area contributed by atoms with Crippen molar-refractivity contribution in [1.29, 1.82) is 5.26 Å². The number of hydrogen-bond donors (Lipinski definition) is 2. The molecule has 0 heterocycles. The molecule has 102 valence electrons. The van der Waals surface area contributed by atoms with Crippen LogP contribution in [0, 0.1) is 23.0 Å². The van der Waals surface area contributed by atoms with Crippen LogP contribution in [0.5, 0.6) is 0 Å². The Morgan fingerprint density at radius 3 is 2.45 bits per heavy atom. The maximum absolute atomic E-state index is 13.7. The van der Waals surface area contributed by atoms with Gasteiger partial charge in [0, 0.05) is 15.8 Å². The Hall–Kier alpha value is -2.13. The van der Waals surface area contributed by atoms with E-state index in [0.29, 0.717) is 21.4 Å². The lowest BCUT2D eigenvalue weighted by molar-refractivity contribution is 0.589. The van der Waals surface area contributed by atoms with Gasteiger partial charge in [-0.1, -0.05) is 15.9 Å². The third-order valence-electron chi connectivity index (χ3n) is 2.69. The molecule has 2 rings (SSSR count). The largest absolute Gasteiger partial charge is 0.398 e. The number of hydrogen-bond acceptors (Lipinski definition) is 3. The first-order chi connectivity index (χ1) is 9.51. The summed E-state index contributed by atoms with van der Waals surface area (Å²) in [5.74, 6) is -1.42. The Balaban J connectivity index is 2.36. The fourth-order valence-electron chi connectivity index (χ4n) is 1.73. The first kappa shape index (κ1) is 14.3. The van der Waals surface area contributed by atoms with Crippen LogP contribution in [0.25, 0.3) is 0 Å². The van der Waals surface area contributed by atoms with Crippen molar-refractivity contribution in [2.45, 2.75) is 6.42 Å². The maximum atomic E-state index is 13.7. The number of rotatable bonds is 3. The molecular formula is C14H10BrF2N3. The zero-order valence-electron chi connectivity index (χ0n) is 10.3. The van der Waals surface area contributed by atoms with E-state index < -0.39 is 11.6 Å². The Morgan fingerprint density at radius 1 is 1.20 bits per heavy atom. The second-order valence-electron chi connectivity index (χ2n) is 4.12. The van der Waals surface area contributed by atoms with E-state index in [1.54, 1.807) is 18.2 Å². The Kier molecular flexibility index (Phi) is 4.20. The second kappa shape index (κ2) is 5.88. The molecule has 2 aromatic carbocycles. The van der Waals surface area contributed by atoms with Gasteiger partial charge >= 0.3 is 0 Å². The summed E-state index contributed by atoms with van der Waals surface area (Å²) in [5.41, 5.74) is 7.00. The fraction of sp³-hybridized carbons (Fsp3) is 0.0714. The average Bonchev–Trinajstić information content (AvgIpc) is 2.37. The Morgan fingerprint density at radius 2 is 1.85 bits per heavy atom. The van der Waals surface area contributed by atoms with Gasteiger partial charge in [0.2, 0.25) is 0 Å². The molecular weight excluding hydrogens is 328 g/mol. The molecule has 0 aliphatic heterocycles. The van der Waals surface area contributed by atoms with Gasteiger partial charge in [-0.3, -0.25) is 0 Å². The van der Waals surface area contributed by atoms with Crippen LogP contribution in [-0.4, -0.2) is 0 Å². The summed E-state index contributed by atoms with van der Waals surface area (Å²) >= 11 is 3.01. The number of nitrogen functional groups attached to an aromatic ring is 1. The van der Waals surface area contributed by atoms with Gasteiger partial charge in [-0.25, -0.2) is 8.78 Å². The van der Waals surface area contributed by atoms with Crippen LogP contribution in [0.15, 0.2) is 34.8 Å². The van der Waals surface area contributed by atoms with Crippen molar-refractivity contribution in [3.63, 3.8) is 0 Å². The molecule has 3 nitrogen and oxygen atoms in total. The van der Waals surface area contributed by atoms with Crippen LogP contribution in [0.3, 0.4) is 0 Å². The lowest BCUT2D eigenvalue weighted by Gasteiger charge is -2.11. The quantitative estimate of drug-likeness (QED) is 0.828. The van der Waals surface area contributed by atoms with Gasteiger partial charge in [0.1, 0.15) is 5.69 Å². The van der Waals surface area contributed by atoms with Crippen LogP contribution >= 0.6 is 15.9 Å². The molecule has 0 radical (unpaired) electrons. The van der Waals surface area contributed by atoms with Gasteiger partial charge in [0.05, 0.1) is 12.5 Å². The normalized spacial score (nSPS) is 10.1. The monoisotopic (exact) mass is 337 g/mol. The molecule has 20 heavy (non-hydrogen) atoms. The third kappa shape index (κ3) is 3.06. The highest BCUT2D eigenvalue weighted by atomic mass is 79.9. The highest BCUT2D eigenvalue weighted by molar-refractivity contribution is 9.10. The Labute approximate surface area is 123 Å². The highest BCUT2D eigenvalue weighted by Crippen LogP contribution is 2.28. The number of nitrogens with zero attached hydrogens (tertiary/aromatic N) is 1. The van der Waals surface area contributed by atoms with Crippen LogP contribution < -0.4 is 11.1 Å². The molecule has 0 saturated heterocycles. The average molecular weight is 338 g/mol. The van der Waals surface area contributed by atoms with Crippen LogP contribution in [0.1, 0.15) is 5.56 Å². The molecule has 2 aromatic rings. The van der Waals surface area contributed by atoms with Crippen LogP contribution in [0.2, 0.25) is 0 Å². The summed E-state index contributed by atoms with van der Waals surface area (Å²) in [6.07, 6.45) is 0.132. The molecule has 6 heteroatoms. The van der Waals surface area contributed by atoms with E-state index in [0.717, 1.165) is 0 Å². The van der Waals surface area contributed by atoms with E-state index in [4.69, 9.17) is 11.0 Å². The Bertz CT molecular complexity index is 672. The van der Waals surface area contributed by atoms with Gasteiger partial charge in [-0.15, -0.1) is 0 Å². The minimum atomic E-state index is -0.712. The van der Waals surface area contributed by atoms with Gasteiger partial charge in [0.15, 0.2) is 11.6 Å². The maximum Gasteiger partial charge on any atom is 0.150 e. The van der Waals surface area contributed by atoms with Crippen molar-refractivity contribution >= 4 is 33.0 Å². The number of benzene rings is 2. The molecule has 3 N–H and O–H groups in total. The number of halogens is 3. The van der Waals surface area contributed by atoms with Crippen molar-refractivity contribution in [3.8, 4) is 6.07 Å². The van der Waals surface area contributed by atoms with E-state index in [-0.39, 0.29) is 12.1 Å². The fourth-order valence-corrected chi connectivity index (χ4v) is 2.13. The summed E-state index contributed by atoms with van der Waals surface area (Å²) in [5, 5.41) is 11.4. The first-order valence-electron chi connectivity index (χ1n) is 5.68. The number of nitrogens with one attached hydrogen (secondary N) is 1. The molecule has 0 aliphatic carbocycles. The van der Waals surface area contributed by atoms with E-state index in [2.05, 4.69) is 21.2 Å². The smallest absolute Gasteiger partial charge is 0.150 e. The standard InChI is InChI=1S/C14H10BrF2N3/c15-9-6-11(16)14(12(17)7-9)20-10-1-2-13(19)8(5-10)3-4-18/h1-2,5-7,20H,3,19H2. The summed E-state index contributed by atoms with van der Waals surface area (Å²) < 4.78 is 27.8. The predicted octanol–water partition coefficient (Wildman–Crippen LogP) is 4.12. The van der Waals surface area contributed by atoms with Gasteiger partial charge in [-0.2, -0.15) is 5.26 Å². The van der Waals surface area contributed by atoms with E-state index in [1.165, 1.54) is 12.1 Å². The summed E-state index contributed by atoms with van der Waals surface area (Å²) in [6.45, 7) is 0. The molecule has 0 aliphatic rings. The minimum absolute atomic E-state index is 0.132. The van der Waals surface area contributed by atoms with Crippen molar-refractivity contribution in [2.24, 2.45) is 0 Å². The predicted molar refractivity (Wildman–Crippen MR) is 77.5 cm³/mol. The molecule has 0 saturated carbocycles. The number of nitriles is 1. The molecule has 0 atom stereocenters. The zero-order valence-corrected chi connectivity index (χ0v) is 11.8. The van der Waals surface area contributed by atoms with E-state index in [1.807, 2.05) is 6.07 Å². The lowest BCUT2D eigenvalue weighted by Crippen LogP contribution is -2.00. The van der Waals surface area contributed by atoms with Crippen LogP contribution in [0.4, 0.5) is 25.8 Å². The summed E-state index contributed by atoms with van der Waals surface area (Å²) in [7, 11) is 0. The van der Waals surface area contributed by atoms with Crippen molar-refractivity contribution in [3.05, 3.63) is 52.0 Å². The summed E-state index contributed by atoms with van der Waals surface area (Å²) in [4.78, 5) is 0. The summed E-state index contributed by atoms with van der Waals surface area (Å²) in [6, 6.07) is 9.09. The topological polar surface area (TPSA) is 61.8 Å². The molecule has 0 aromatic heterocycles. The second-order valence-corrected chi connectivity index (χ2v) is 5.03. The van der Waals surface area contributed by atoms with E-state index in [9.17, 15) is 8.78 Å². The van der Waals surface area contributed by atoms with Gasteiger partial charge in [0.25, 0.3) is 0 Å². The zero-order chi connectivity index (χ0) is 14.7. The molecule has 0 bridgehead atoms. The molecule has 0 fully saturated rings. The first-order valence-corrected chi connectivity index (χ1v) is 6.47. The lowest BCUT2D eigenvalue weighted by atomic mass is 10.1. The molecule has 0 amide bonds. The van der Waals surface area contributed by atoms with Gasteiger partial charge < -0.3 is 11.1 Å². The van der Waals surface area contributed by atoms with Gasteiger partial charge in [-0.05, 0) is 35.9 Å². The SMILES string of the molecule is N#CCc1cc(Nc2c(F)cc(Br)cc2F)ccc1N. The van der Waals surface area contributed by atoms with Crippen molar-refractivity contribution in [1.82, 2.24) is 0 Å². The van der Waals surface area contributed by atoms with Crippen molar-refractivity contribution in [2.75, 3.05) is 11.1 Å².